The van der Waals surface area contributed by atoms with E-state index in [1.165, 1.54) is 7.11 Å². The number of esters is 1. The van der Waals surface area contributed by atoms with Gasteiger partial charge in [-0.2, -0.15) is 0 Å². The Bertz CT molecular complexity index is 720. The zero-order chi connectivity index (χ0) is 17.6. The van der Waals surface area contributed by atoms with Gasteiger partial charge in [0.2, 0.25) is 5.91 Å². The van der Waals surface area contributed by atoms with Crippen molar-refractivity contribution in [3.8, 4) is 0 Å². The number of ether oxygens (including phenoxy) is 1. The molecule has 4 nitrogen and oxygen atoms in total. The van der Waals surface area contributed by atoms with Crippen molar-refractivity contribution in [2.24, 2.45) is 0 Å². The second-order valence-corrected chi connectivity index (χ2v) is 7.10. The van der Waals surface area contributed by atoms with Gasteiger partial charge in [0.15, 0.2) is 0 Å². The van der Waals surface area contributed by atoms with E-state index in [1.54, 1.807) is 16.7 Å². The summed E-state index contributed by atoms with van der Waals surface area (Å²) < 4.78 is 5.03. The topological polar surface area (TPSA) is 46.6 Å². The third-order valence-corrected chi connectivity index (χ3v) is 5.55. The predicted molar refractivity (Wildman–Crippen MR) is 99.1 cm³/mol. The second kappa shape index (κ2) is 8.21. The zero-order valence-corrected chi connectivity index (χ0v) is 14.9. The average Bonchev–Trinajstić information content (AvgIpc) is 2.67. The monoisotopic (exact) mass is 355 g/mol. The molecule has 0 saturated carbocycles. The maximum Gasteiger partial charge on any atom is 0.328 e. The number of hydrogen-bond acceptors (Lipinski definition) is 4. The fourth-order valence-corrected chi connectivity index (χ4v) is 4.37. The Morgan fingerprint density at radius 1 is 1.16 bits per heavy atom. The number of thioether (sulfide) groups is 1. The third kappa shape index (κ3) is 4.04. The van der Waals surface area contributed by atoms with E-state index in [9.17, 15) is 9.59 Å². The summed E-state index contributed by atoms with van der Waals surface area (Å²) in [5.41, 5.74) is 2.04. The number of nitrogens with zero attached hydrogens (tertiary/aromatic N) is 1. The molecule has 5 heteroatoms. The number of carbonyl (C=O) groups is 2. The Kier molecular flexibility index (Phi) is 5.76. The van der Waals surface area contributed by atoms with Crippen LogP contribution in [0.3, 0.4) is 0 Å². The van der Waals surface area contributed by atoms with Crippen LogP contribution in [-0.4, -0.2) is 35.7 Å². The van der Waals surface area contributed by atoms with E-state index in [-0.39, 0.29) is 17.3 Å². The molecule has 0 N–H and O–H groups in total. The Hall–Kier alpha value is -2.27. The number of amides is 1. The van der Waals surface area contributed by atoms with Gasteiger partial charge in [0.25, 0.3) is 0 Å². The third-order valence-electron chi connectivity index (χ3n) is 4.30. The maximum atomic E-state index is 12.7. The molecule has 3 rings (SSSR count). The molecule has 2 atom stereocenters. The lowest BCUT2D eigenvalue weighted by Crippen LogP contribution is -2.49. The minimum Gasteiger partial charge on any atom is -0.467 e. The number of carbonyl (C=O) groups excluding carboxylic acids is 2. The van der Waals surface area contributed by atoms with E-state index >= 15 is 0 Å². The van der Waals surface area contributed by atoms with Crippen molar-refractivity contribution in [3.05, 3.63) is 71.8 Å². The molecule has 0 spiro atoms. The molecule has 1 amide bonds. The fraction of sp³-hybridized carbons (Fsp3) is 0.300. The van der Waals surface area contributed by atoms with Gasteiger partial charge in [-0.1, -0.05) is 60.7 Å². The van der Waals surface area contributed by atoms with Gasteiger partial charge >= 0.3 is 5.97 Å². The first-order valence-corrected chi connectivity index (χ1v) is 9.35. The van der Waals surface area contributed by atoms with E-state index in [2.05, 4.69) is 0 Å². The molecule has 2 aromatic rings. The number of rotatable bonds is 5. The van der Waals surface area contributed by atoms with Crippen LogP contribution in [0, 0.1) is 0 Å². The van der Waals surface area contributed by atoms with Crippen LogP contribution >= 0.6 is 11.8 Å². The molecule has 1 aliphatic rings. The van der Waals surface area contributed by atoms with Crippen molar-refractivity contribution < 1.29 is 14.3 Å². The molecule has 0 aromatic heterocycles. The highest BCUT2D eigenvalue weighted by Gasteiger charge is 2.39. The van der Waals surface area contributed by atoms with Crippen molar-refractivity contribution in [1.29, 1.82) is 0 Å². The second-order valence-electron chi connectivity index (χ2n) is 5.91. The lowest BCUT2D eigenvalue weighted by Gasteiger charge is -2.39. The van der Waals surface area contributed by atoms with Crippen LogP contribution in [-0.2, 0) is 20.7 Å². The average molecular weight is 355 g/mol. The lowest BCUT2D eigenvalue weighted by atomic mass is 10.0. The molecule has 0 aliphatic carbocycles. The van der Waals surface area contributed by atoms with Gasteiger partial charge in [-0.3, -0.25) is 4.79 Å². The molecule has 0 bridgehead atoms. The summed E-state index contributed by atoms with van der Waals surface area (Å²) in [5.74, 6) is 0.383. The van der Waals surface area contributed by atoms with E-state index in [4.69, 9.17) is 4.74 Å². The lowest BCUT2D eigenvalue weighted by molar-refractivity contribution is -0.153. The molecule has 0 radical (unpaired) electrons. The van der Waals surface area contributed by atoms with Gasteiger partial charge in [-0.05, 0) is 11.1 Å². The van der Waals surface area contributed by atoms with Crippen LogP contribution in [0.4, 0.5) is 0 Å². The highest BCUT2D eigenvalue weighted by atomic mass is 32.2. The van der Waals surface area contributed by atoms with Crippen LogP contribution in [0.1, 0.15) is 22.9 Å². The van der Waals surface area contributed by atoms with Gasteiger partial charge in [0.1, 0.15) is 11.4 Å². The number of benzene rings is 2. The summed E-state index contributed by atoms with van der Waals surface area (Å²) in [6, 6.07) is 19.0. The van der Waals surface area contributed by atoms with Crippen LogP contribution in [0.2, 0.25) is 0 Å². The van der Waals surface area contributed by atoms with E-state index in [0.29, 0.717) is 12.8 Å². The molecule has 1 aliphatic heterocycles. The Morgan fingerprint density at radius 3 is 2.44 bits per heavy atom. The molecule has 1 saturated heterocycles. The standard InChI is InChI=1S/C20H21NO3S/c1-24-20(23)17(14-15-8-4-2-5-9-15)21-18(22)12-13-25-19(21)16-10-6-3-7-11-16/h2-11,17,19H,12-14H2,1H3. The van der Waals surface area contributed by atoms with Gasteiger partial charge in [-0.25, -0.2) is 4.79 Å². The highest BCUT2D eigenvalue weighted by molar-refractivity contribution is 7.99. The van der Waals surface area contributed by atoms with Crippen LogP contribution in [0.5, 0.6) is 0 Å². The predicted octanol–water partition coefficient (Wildman–Crippen LogP) is 3.44. The normalized spacial score (nSPS) is 18.7. The van der Waals surface area contributed by atoms with Gasteiger partial charge in [0, 0.05) is 18.6 Å². The van der Waals surface area contributed by atoms with E-state index in [0.717, 1.165) is 16.9 Å². The van der Waals surface area contributed by atoms with Gasteiger partial charge in [-0.15, -0.1) is 11.8 Å². The molecule has 2 aromatic carbocycles. The summed E-state index contributed by atoms with van der Waals surface area (Å²) in [6.07, 6.45) is 0.888. The smallest absolute Gasteiger partial charge is 0.328 e. The van der Waals surface area contributed by atoms with Gasteiger partial charge < -0.3 is 9.64 Å². The first kappa shape index (κ1) is 17.5. The molecular formula is C20H21NO3S. The first-order chi connectivity index (χ1) is 12.2. The molecule has 1 heterocycles. The summed E-state index contributed by atoms with van der Waals surface area (Å²) in [7, 11) is 1.37. The summed E-state index contributed by atoms with van der Waals surface area (Å²) in [4.78, 5) is 27.0. The van der Waals surface area contributed by atoms with Crippen molar-refractivity contribution in [2.45, 2.75) is 24.3 Å². The van der Waals surface area contributed by atoms with E-state index in [1.807, 2.05) is 60.7 Å². The van der Waals surface area contributed by atoms with Crippen LogP contribution in [0.15, 0.2) is 60.7 Å². The summed E-state index contributed by atoms with van der Waals surface area (Å²) in [5, 5.41) is -0.171. The molecular weight excluding hydrogens is 334 g/mol. The highest BCUT2D eigenvalue weighted by Crippen LogP contribution is 2.39. The number of methoxy groups -OCH3 is 1. The maximum absolute atomic E-state index is 12.7. The SMILES string of the molecule is COC(=O)C(Cc1ccccc1)N1C(=O)CCSC1c1ccccc1. The molecule has 130 valence electrons. The largest absolute Gasteiger partial charge is 0.467 e. The minimum absolute atomic E-state index is 0.000987. The van der Waals surface area contributed by atoms with Gasteiger partial charge in [0.05, 0.1) is 7.11 Å². The molecule has 2 unspecified atom stereocenters. The Balaban J connectivity index is 1.95. The van der Waals surface area contributed by atoms with E-state index < -0.39 is 6.04 Å². The van der Waals surface area contributed by atoms with Crippen molar-refractivity contribution in [3.63, 3.8) is 0 Å². The summed E-state index contributed by atoms with van der Waals surface area (Å²) >= 11 is 1.69. The Morgan fingerprint density at radius 2 is 1.80 bits per heavy atom. The van der Waals surface area contributed by atoms with Crippen molar-refractivity contribution in [2.75, 3.05) is 12.9 Å². The Labute approximate surface area is 152 Å². The van der Waals surface area contributed by atoms with Crippen LogP contribution < -0.4 is 0 Å². The molecule has 1 fully saturated rings. The van der Waals surface area contributed by atoms with Crippen molar-refractivity contribution in [1.82, 2.24) is 4.90 Å². The van der Waals surface area contributed by atoms with Crippen molar-refractivity contribution >= 4 is 23.6 Å². The first-order valence-electron chi connectivity index (χ1n) is 8.30. The minimum atomic E-state index is -0.627. The van der Waals surface area contributed by atoms with Crippen LogP contribution in [0.25, 0.3) is 0 Å². The zero-order valence-electron chi connectivity index (χ0n) is 14.1. The number of hydrogen-bond donors (Lipinski definition) is 0. The molecule has 25 heavy (non-hydrogen) atoms. The quantitative estimate of drug-likeness (QED) is 0.771. The summed E-state index contributed by atoms with van der Waals surface area (Å²) in [6.45, 7) is 0. The fourth-order valence-electron chi connectivity index (χ4n) is 3.08.